The summed E-state index contributed by atoms with van der Waals surface area (Å²) in [5.41, 5.74) is 4.04. The van der Waals surface area contributed by atoms with E-state index in [1.165, 1.54) is 29.5 Å². The number of anilines is 3. The molecule has 0 bridgehead atoms. The van der Waals surface area contributed by atoms with Crippen molar-refractivity contribution in [3.8, 4) is 0 Å². The molecule has 8 heteroatoms. The van der Waals surface area contributed by atoms with Crippen LogP contribution in [0.15, 0.2) is 60.7 Å². The highest BCUT2D eigenvalue weighted by Crippen LogP contribution is 2.34. The fourth-order valence-electron chi connectivity index (χ4n) is 6.21. The number of nitrogens with one attached hydrogen (secondary N) is 2. The Bertz CT molecular complexity index is 1270. The van der Waals surface area contributed by atoms with Crippen molar-refractivity contribution >= 4 is 34.9 Å². The van der Waals surface area contributed by atoms with E-state index < -0.39 is 0 Å². The molecule has 0 unspecified atom stereocenters. The van der Waals surface area contributed by atoms with E-state index in [4.69, 9.17) is 26.9 Å². The maximum atomic E-state index is 5.80. The summed E-state index contributed by atoms with van der Waals surface area (Å²) in [5.74, 6) is 3.11. The van der Waals surface area contributed by atoms with Crippen molar-refractivity contribution in [1.29, 1.82) is 0 Å². The van der Waals surface area contributed by atoms with Crippen molar-refractivity contribution < 1.29 is 4.74 Å². The van der Waals surface area contributed by atoms with Gasteiger partial charge >= 0.3 is 0 Å². The van der Waals surface area contributed by atoms with Crippen LogP contribution in [0.25, 0.3) is 0 Å². The van der Waals surface area contributed by atoms with E-state index in [2.05, 4.69) is 88.0 Å². The highest BCUT2D eigenvalue weighted by molar-refractivity contribution is 7.80. The van der Waals surface area contributed by atoms with Crippen LogP contribution in [0.3, 0.4) is 0 Å². The zero-order valence-electron chi connectivity index (χ0n) is 22.7. The molecule has 0 amide bonds. The summed E-state index contributed by atoms with van der Waals surface area (Å²) in [6.45, 7) is 8.33. The van der Waals surface area contributed by atoms with Crippen molar-refractivity contribution in [2.75, 3.05) is 48.0 Å². The maximum Gasteiger partial charge on any atom is 0.232 e. The smallest absolute Gasteiger partial charge is 0.232 e. The van der Waals surface area contributed by atoms with Crippen LogP contribution in [0.1, 0.15) is 49.3 Å². The molecule has 2 saturated heterocycles. The van der Waals surface area contributed by atoms with E-state index in [9.17, 15) is 0 Å². The Hall–Kier alpha value is -3.23. The van der Waals surface area contributed by atoms with Gasteiger partial charge in [0, 0.05) is 57.4 Å². The largest absolute Gasteiger partial charge is 0.381 e. The molecule has 2 fully saturated rings. The molecular formula is C31H38N6OS. The second kappa shape index (κ2) is 11.5. The van der Waals surface area contributed by atoms with Crippen LogP contribution in [-0.2, 0) is 23.2 Å². The minimum atomic E-state index is -0.00954. The number of ether oxygens (including phenoxy) is 1. The van der Waals surface area contributed by atoms with Crippen LogP contribution in [0, 0.1) is 5.92 Å². The van der Waals surface area contributed by atoms with Gasteiger partial charge in [0.05, 0.1) is 0 Å². The van der Waals surface area contributed by atoms with Gasteiger partial charge in [-0.15, -0.1) is 0 Å². The van der Waals surface area contributed by atoms with Gasteiger partial charge in [-0.05, 0) is 60.5 Å². The predicted molar refractivity (Wildman–Crippen MR) is 161 cm³/mol. The Morgan fingerprint density at radius 3 is 2.33 bits per heavy atom. The molecule has 3 aliphatic heterocycles. The molecule has 6 rings (SSSR count). The minimum absolute atomic E-state index is 0.00954. The average molecular weight is 543 g/mol. The molecule has 3 aliphatic rings. The van der Waals surface area contributed by atoms with Gasteiger partial charge in [-0.25, -0.2) is 0 Å². The Labute approximate surface area is 237 Å². The molecule has 2 N–H and O–H groups in total. The van der Waals surface area contributed by atoms with Gasteiger partial charge < -0.3 is 25.2 Å². The van der Waals surface area contributed by atoms with E-state index in [0.29, 0.717) is 17.0 Å². The first-order valence-corrected chi connectivity index (χ1v) is 14.6. The summed E-state index contributed by atoms with van der Waals surface area (Å²) < 4.78 is 5.71. The molecule has 0 spiro atoms. The topological polar surface area (TPSA) is 65.5 Å². The van der Waals surface area contributed by atoms with E-state index in [1.54, 1.807) is 0 Å². The lowest BCUT2D eigenvalue weighted by Crippen LogP contribution is -2.45. The van der Waals surface area contributed by atoms with Gasteiger partial charge in [-0.2, -0.15) is 9.97 Å². The number of thiocarbonyl (C=S) groups is 1. The molecule has 4 heterocycles. The van der Waals surface area contributed by atoms with Gasteiger partial charge in [-0.1, -0.05) is 61.5 Å². The Kier molecular flexibility index (Phi) is 7.66. The molecule has 204 valence electrons. The second-order valence-electron chi connectivity index (χ2n) is 11.3. The van der Waals surface area contributed by atoms with Crippen LogP contribution in [0.2, 0.25) is 0 Å². The summed E-state index contributed by atoms with van der Waals surface area (Å²) >= 11 is 5.80. The second-order valence-corrected chi connectivity index (χ2v) is 11.7. The van der Waals surface area contributed by atoms with Crippen LogP contribution < -0.4 is 20.4 Å². The first-order valence-electron chi connectivity index (χ1n) is 14.2. The Balaban J connectivity index is 1.21. The molecule has 0 aliphatic carbocycles. The Morgan fingerprint density at radius 1 is 0.974 bits per heavy atom. The fourth-order valence-corrected chi connectivity index (χ4v) is 6.37. The lowest BCUT2D eigenvalue weighted by molar-refractivity contribution is 0.0515. The van der Waals surface area contributed by atoms with Crippen LogP contribution in [0.4, 0.5) is 17.6 Å². The van der Waals surface area contributed by atoms with Crippen molar-refractivity contribution in [2.45, 2.75) is 51.1 Å². The zero-order chi connectivity index (χ0) is 26.7. The van der Waals surface area contributed by atoms with Crippen molar-refractivity contribution in [3.63, 3.8) is 0 Å². The van der Waals surface area contributed by atoms with Crippen LogP contribution in [-0.4, -0.2) is 47.9 Å². The summed E-state index contributed by atoms with van der Waals surface area (Å²) in [7, 11) is 0. The van der Waals surface area contributed by atoms with Gasteiger partial charge in [0.25, 0.3) is 0 Å². The van der Waals surface area contributed by atoms with E-state index >= 15 is 0 Å². The molecule has 0 saturated carbocycles. The highest BCUT2D eigenvalue weighted by Gasteiger charge is 2.34. The summed E-state index contributed by atoms with van der Waals surface area (Å²) in [4.78, 5) is 14.6. The Morgan fingerprint density at radius 2 is 1.64 bits per heavy atom. The lowest BCUT2D eigenvalue weighted by Gasteiger charge is -2.38. The predicted octanol–water partition coefficient (Wildman–Crippen LogP) is 5.27. The van der Waals surface area contributed by atoms with Crippen molar-refractivity contribution in [3.05, 3.63) is 77.4 Å². The van der Waals surface area contributed by atoms with Crippen molar-refractivity contribution in [1.82, 2.24) is 15.3 Å². The summed E-state index contributed by atoms with van der Waals surface area (Å²) in [5, 5.41) is 7.40. The van der Waals surface area contributed by atoms with E-state index in [1.807, 2.05) is 0 Å². The van der Waals surface area contributed by atoms with Gasteiger partial charge in [0.1, 0.15) is 11.6 Å². The number of hydrogen-bond acceptors (Lipinski definition) is 6. The molecule has 39 heavy (non-hydrogen) atoms. The first-order chi connectivity index (χ1) is 19.1. The SMILES string of the molecule is C[C@H]1CCCN(c2cc(N3Cc4ccccc4C3)nc(NC(=S)NCC3(c4ccccc4)CCOCC3)n2)C1. The van der Waals surface area contributed by atoms with E-state index in [0.717, 1.165) is 70.4 Å². The number of piperidine rings is 1. The van der Waals surface area contributed by atoms with Crippen LogP contribution in [0.5, 0.6) is 0 Å². The highest BCUT2D eigenvalue weighted by atomic mass is 32.1. The molecule has 3 aromatic rings. The molecular weight excluding hydrogens is 504 g/mol. The third-order valence-corrected chi connectivity index (χ3v) is 8.74. The number of fused-ring (bicyclic) bond motifs is 1. The summed E-state index contributed by atoms with van der Waals surface area (Å²) in [6, 6.07) is 21.5. The molecule has 2 aromatic carbocycles. The molecule has 7 nitrogen and oxygen atoms in total. The standard InChI is InChI=1S/C31H38N6OS/c1-23-8-7-15-36(19-23)27-18-28(37-20-24-9-5-6-10-25(24)21-37)34-29(33-27)35-30(39)32-22-31(13-16-38-17-14-31)26-11-3-2-4-12-26/h2-6,9-12,18,23H,7-8,13-17,19-22H2,1H3,(H2,32,33,34,35,39)/t23-/m0/s1. The normalized spacial score (nSPS) is 20.4. The van der Waals surface area contributed by atoms with E-state index in [-0.39, 0.29) is 5.41 Å². The number of rotatable bonds is 6. The molecule has 1 aromatic heterocycles. The maximum absolute atomic E-state index is 5.80. The number of aromatic nitrogens is 2. The molecule has 1 atom stereocenters. The molecule has 0 radical (unpaired) electrons. The number of nitrogens with zero attached hydrogens (tertiary/aromatic N) is 4. The third kappa shape index (κ3) is 5.87. The lowest BCUT2D eigenvalue weighted by atomic mass is 9.74. The summed E-state index contributed by atoms with van der Waals surface area (Å²) in [6.07, 6.45) is 4.38. The average Bonchev–Trinajstić information content (AvgIpc) is 3.42. The third-order valence-electron chi connectivity index (χ3n) is 8.49. The van der Waals surface area contributed by atoms with Gasteiger partial charge in [-0.3, -0.25) is 0 Å². The quantitative estimate of drug-likeness (QED) is 0.409. The first kappa shape index (κ1) is 26.0. The number of benzene rings is 2. The van der Waals surface area contributed by atoms with Crippen molar-refractivity contribution in [2.24, 2.45) is 5.92 Å². The van der Waals surface area contributed by atoms with Gasteiger partial charge in [0.2, 0.25) is 5.95 Å². The monoisotopic (exact) mass is 542 g/mol. The fraction of sp³-hybridized carbons (Fsp3) is 0.452. The number of hydrogen-bond donors (Lipinski definition) is 2. The van der Waals surface area contributed by atoms with Gasteiger partial charge in [0.15, 0.2) is 5.11 Å². The van der Waals surface area contributed by atoms with Crippen LogP contribution >= 0.6 is 12.2 Å². The zero-order valence-corrected chi connectivity index (χ0v) is 23.6. The minimum Gasteiger partial charge on any atom is -0.381 e.